The van der Waals surface area contributed by atoms with E-state index in [1.165, 1.54) is 6.42 Å². The number of carbonyl (C=O) groups excluding carboxylic acids is 1. The van der Waals surface area contributed by atoms with Gasteiger partial charge in [-0.1, -0.05) is 18.6 Å². The fraction of sp³-hybridized carbons (Fsp3) is 0.526. The minimum absolute atomic E-state index is 0.146. The van der Waals surface area contributed by atoms with Crippen molar-refractivity contribution in [3.8, 4) is 5.75 Å². The van der Waals surface area contributed by atoms with Gasteiger partial charge in [0.1, 0.15) is 11.6 Å². The molecule has 0 unspecified atom stereocenters. The maximum absolute atomic E-state index is 12.4. The second-order valence-electron chi connectivity index (χ2n) is 6.67. The van der Waals surface area contributed by atoms with E-state index in [1.807, 2.05) is 32.0 Å². The molecule has 0 radical (unpaired) electrons. The minimum Gasteiger partial charge on any atom is -0.481 e. The topological polar surface area (TPSA) is 69.0 Å². The first-order valence-corrected chi connectivity index (χ1v) is 8.98. The van der Waals surface area contributed by atoms with Crippen LogP contribution in [0.4, 0.5) is 0 Å². The standard InChI is InChI=1S/C19H26N4O2/c1-13-8-7-9-16(14(13)2)25-15(3)19(24)20-12-18-22-21-17-10-5-4-6-11-23(17)18/h7-9,15H,4-6,10-12H2,1-3H3,(H,20,24)/t15-/m1/s1. The Morgan fingerprint density at radius 3 is 2.96 bits per heavy atom. The van der Waals surface area contributed by atoms with Gasteiger partial charge in [0.05, 0.1) is 6.54 Å². The van der Waals surface area contributed by atoms with Crippen molar-refractivity contribution in [3.63, 3.8) is 0 Å². The predicted molar refractivity (Wildman–Crippen MR) is 95.4 cm³/mol. The van der Waals surface area contributed by atoms with Crippen LogP contribution in [0.15, 0.2) is 18.2 Å². The normalized spacial score (nSPS) is 15.2. The first-order valence-electron chi connectivity index (χ1n) is 8.98. The van der Waals surface area contributed by atoms with E-state index >= 15 is 0 Å². The Balaban J connectivity index is 1.59. The molecule has 0 aliphatic carbocycles. The SMILES string of the molecule is Cc1cccc(O[C@H](C)C(=O)NCc2nnc3n2CCCCC3)c1C. The number of amides is 1. The average Bonchev–Trinajstić information content (AvgIpc) is 2.83. The summed E-state index contributed by atoms with van der Waals surface area (Å²) in [7, 11) is 0. The summed E-state index contributed by atoms with van der Waals surface area (Å²) in [5, 5.41) is 11.4. The summed E-state index contributed by atoms with van der Waals surface area (Å²) in [5.74, 6) is 2.46. The third-order valence-corrected chi connectivity index (χ3v) is 4.83. The van der Waals surface area contributed by atoms with Crippen LogP contribution >= 0.6 is 0 Å². The summed E-state index contributed by atoms with van der Waals surface area (Å²) in [6, 6.07) is 5.86. The second kappa shape index (κ2) is 7.68. The molecule has 1 atom stereocenters. The summed E-state index contributed by atoms with van der Waals surface area (Å²) >= 11 is 0. The maximum atomic E-state index is 12.4. The molecule has 3 rings (SSSR count). The van der Waals surface area contributed by atoms with Crippen LogP contribution in [0.25, 0.3) is 0 Å². The molecule has 2 heterocycles. The van der Waals surface area contributed by atoms with Gasteiger partial charge in [-0.2, -0.15) is 0 Å². The molecule has 0 spiro atoms. The molecule has 1 aliphatic rings. The Morgan fingerprint density at radius 2 is 2.12 bits per heavy atom. The molecular formula is C19H26N4O2. The smallest absolute Gasteiger partial charge is 0.261 e. The first-order chi connectivity index (χ1) is 12.1. The van der Waals surface area contributed by atoms with Crippen LogP contribution in [0.3, 0.4) is 0 Å². The van der Waals surface area contributed by atoms with Crippen LogP contribution in [-0.4, -0.2) is 26.8 Å². The van der Waals surface area contributed by atoms with Crippen molar-refractivity contribution < 1.29 is 9.53 Å². The number of aromatic nitrogens is 3. The molecule has 6 nitrogen and oxygen atoms in total. The zero-order valence-electron chi connectivity index (χ0n) is 15.2. The summed E-state index contributed by atoms with van der Waals surface area (Å²) < 4.78 is 7.98. The zero-order valence-corrected chi connectivity index (χ0v) is 15.2. The van der Waals surface area contributed by atoms with Gasteiger partial charge in [-0.25, -0.2) is 0 Å². The highest BCUT2D eigenvalue weighted by molar-refractivity contribution is 5.80. The molecule has 0 saturated carbocycles. The molecular weight excluding hydrogens is 316 g/mol. The van der Waals surface area contributed by atoms with Gasteiger partial charge in [-0.05, 0) is 50.8 Å². The van der Waals surface area contributed by atoms with Gasteiger partial charge < -0.3 is 14.6 Å². The van der Waals surface area contributed by atoms with Gasteiger partial charge in [-0.3, -0.25) is 4.79 Å². The number of nitrogens with zero attached hydrogens (tertiary/aromatic N) is 3. The Kier molecular flexibility index (Phi) is 5.36. The van der Waals surface area contributed by atoms with Crippen molar-refractivity contribution >= 4 is 5.91 Å². The van der Waals surface area contributed by atoms with Crippen molar-refractivity contribution in [2.75, 3.05) is 0 Å². The molecule has 0 saturated heterocycles. The highest BCUT2D eigenvalue weighted by atomic mass is 16.5. The number of aryl methyl sites for hydroxylation is 2. The van der Waals surface area contributed by atoms with E-state index in [-0.39, 0.29) is 5.91 Å². The van der Waals surface area contributed by atoms with E-state index in [9.17, 15) is 4.79 Å². The fourth-order valence-corrected chi connectivity index (χ4v) is 3.08. The van der Waals surface area contributed by atoms with E-state index in [0.717, 1.165) is 54.3 Å². The molecule has 1 aromatic carbocycles. The van der Waals surface area contributed by atoms with Crippen LogP contribution in [0.2, 0.25) is 0 Å². The van der Waals surface area contributed by atoms with Crippen LogP contribution < -0.4 is 10.1 Å². The number of rotatable bonds is 5. The lowest BCUT2D eigenvalue weighted by Gasteiger charge is -2.17. The molecule has 1 N–H and O–H groups in total. The molecule has 1 amide bonds. The highest BCUT2D eigenvalue weighted by Gasteiger charge is 2.19. The van der Waals surface area contributed by atoms with E-state index in [1.54, 1.807) is 6.92 Å². The molecule has 134 valence electrons. The minimum atomic E-state index is -0.563. The van der Waals surface area contributed by atoms with Crippen LogP contribution in [0, 0.1) is 13.8 Å². The monoisotopic (exact) mass is 342 g/mol. The average molecular weight is 342 g/mol. The van der Waals surface area contributed by atoms with Crippen molar-refractivity contribution in [2.24, 2.45) is 0 Å². The lowest BCUT2D eigenvalue weighted by molar-refractivity contribution is -0.127. The van der Waals surface area contributed by atoms with Crippen molar-refractivity contribution in [1.29, 1.82) is 0 Å². The number of fused-ring (bicyclic) bond motifs is 1. The number of nitrogens with one attached hydrogen (secondary N) is 1. The molecule has 25 heavy (non-hydrogen) atoms. The number of ether oxygens (including phenoxy) is 1. The quantitative estimate of drug-likeness (QED) is 0.907. The Morgan fingerprint density at radius 1 is 1.28 bits per heavy atom. The number of hydrogen-bond acceptors (Lipinski definition) is 4. The van der Waals surface area contributed by atoms with Crippen LogP contribution in [-0.2, 0) is 24.3 Å². The number of benzene rings is 1. The lowest BCUT2D eigenvalue weighted by atomic mass is 10.1. The fourth-order valence-electron chi connectivity index (χ4n) is 3.08. The Labute approximate surface area is 148 Å². The third kappa shape index (κ3) is 4.00. The van der Waals surface area contributed by atoms with E-state index < -0.39 is 6.10 Å². The molecule has 6 heteroatoms. The van der Waals surface area contributed by atoms with E-state index in [0.29, 0.717) is 6.54 Å². The first kappa shape index (κ1) is 17.5. The van der Waals surface area contributed by atoms with Gasteiger partial charge in [-0.15, -0.1) is 10.2 Å². The van der Waals surface area contributed by atoms with Gasteiger partial charge in [0.2, 0.25) is 0 Å². The molecule has 2 aromatic rings. The van der Waals surface area contributed by atoms with Crippen molar-refractivity contribution in [3.05, 3.63) is 41.0 Å². The Bertz CT molecular complexity index is 754. The molecule has 1 aliphatic heterocycles. The molecule has 0 bridgehead atoms. The lowest BCUT2D eigenvalue weighted by Crippen LogP contribution is -2.36. The summed E-state index contributed by atoms with van der Waals surface area (Å²) in [4.78, 5) is 12.4. The summed E-state index contributed by atoms with van der Waals surface area (Å²) in [6.45, 7) is 7.11. The predicted octanol–water partition coefficient (Wildman–Crippen LogP) is 2.71. The van der Waals surface area contributed by atoms with E-state index in [4.69, 9.17) is 4.74 Å². The molecule has 0 fully saturated rings. The third-order valence-electron chi connectivity index (χ3n) is 4.83. The van der Waals surface area contributed by atoms with Gasteiger partial charge in [0, 0.05) is 13.0 Å². The summed E-state index contributed by atoms with van der Waals surface area (Å²) in [6.07, 6.45) is 3.92. The molecule has 1 aromatic heterocycles. The van der Waals surface area contributed by atoms with Crippen molar-refractivity contribution in [1.82, 2.24) is 20.1 Å². The van der Waals surface area contributed by atoms with E-state index in [2.05, 4.69) is 20.1 Å². The van der Waals surface area contributed by atoms with Crippen LogP contribution in [0.1, 0.15) is 49.0 Å². The largest absolute Gasteiger partial charge is 0.481 e. The maximum Gasteiger partial charge on any atom is 0.261 e. The number of carbonyl (C=O) groups is 1. The summed E-state index contributed by atoms with van der Waals surface area (Å²) in [5.41, 5.74) is 2.21. The Hall–Kier alpha value is -2.37. The van der Waals surface area contributed by atoms with Gasteiger partial charge in [0.25, 0.3) is 5.91 Å². The van der Waals surface area contributed by atoms with Gasteiger partial charge in [0.15, 0.2) is 11.9 Å². The number of hydrogen-bond donors (Lipinski definition) is 1. The van der Waals surface area contributed by atoms with Gasteiger partial charge >= 0.3 is 0 Å². The zero-order chi connectivity index (χ0) is 17.8. The highest BCUT2D eigenvalue weighted by Crippen LogP contribution is 2.21. The van der Waals surface area contributed by atoms with Crippen molar-refractivity contribution in [2.45, 2.75) is 65.6 Å². The van der Waals surface area contributed by atoms with Crippen LogP contribution in [0.5, 0.6) is 5.75 Å². The second-order valence-corrected chi connectivity index (χ2v) is 6.67.